The van der Waals surface area contributed by atoms with Gasteiger partial charge in [-0.2, -0.15) is 0 Å². The van der Waals surface area contributed by atoms with Crippen LogP contribution < -0.4 is 14.1 Å². The number of hydrogen-bond donors (Lipinski definition) is 1. The number of fused-ring (bicyclic) bond motifs is 3. The molecule has 0 saturated carbocycles. The molecule has 1 aliphatic rings. The standard InChI is InChI=1S/C24H25N3O5.C6H19NSi2/c1-5-32-24(29)22-20-13-26(12-16-7-8-17(30-3)11-21(16)31-4)23(28)18-10-15(2)6-9-19(18)27(20)14-25-22;1-8(2,3)7-9(4,5)6/h6-11,14H,5,12-13H2,1-4H3;7H,1-6H3. The number of methoxy groups -OCH3 is 2. The minimum atomic E-state index is -0.981. The van der Waals surface area contributed by atoms with Gasteiger partial charge in [-0.05, 0) is 38.1 Å². The van der Waals surface area contributed by atoms with Gasteiger partial charge in [-0.15, -0.1) is 0 Å². The maximum Gasteiger partial charge on any atom is 0.358 e. The fourth-order valence-electron chi connectivity index (χ4n) is 5.00. The Hall–Kier alpha value is -3.42. The first kappa shape index (κ1) is 32.1. The van der Waals surface area contributed by atoms with Crippen LogP contribution in [0.25, 0.3) is 5.69 Å². The zero-order valence-corrected chi connectivity index (χ0v) is 28.0. The molecule has 0 unspecified atom stereocenters. The summed E-state index contributed by atoms with van der Waals surface area (Å²) in [7, 11) is 1.20. The van der Waals surface area contributed by atoms with Crippen LogP contribution in [-0.2, 0) is 17.8 Å². The van der Waals surface area contributed by atoms with E-state index in [0.29, 0.717) is 28.4 Å². The quantitative estimate of drug-likeness (QED) is 0.260. The highest BCUT2D eigenvalue weighted by Crippen LogP contribution is 2.31. The lowest BCUT2D eigenvalue weighted by Gasteiger charge is -2.28. The number of imidazole rings is 1. The lowest BCUT2D eigenvalue weighted by Crippen LogP contribution is -2.55. The Morgan fingerprint density at radius 1 is 1.00 bits per heavy atom. The van der Waals surface area contributed by atoms with Crippen molar-refractivity contribution in [2.24, 2.45) is 0 Å². The number of rotatable bonds is 8. The number of nitrogens with one attached hydrogen (secondary N) is 1. The molecule has 1 N–H and O–H groups in total. The molecular formula is C30H44N4O5Si2. The Bertz CT molecular complexity index is 1380. The molecule has 3 aromatic rings. The van der Waals surface area contributed by atoms with Crippen molar-refractivity contribution in [3.63, 3.8) is 0 Å². The lowest BCUT2D eigenvalue weighted by atomic mass is 10.1. The van der Waals surface area contributed by atoms with Gasteiger partial charge in [0.05, 0.1) is 50.9 Å². The van der Waals surface area contributed by atoms with Crippen molar-refractivity contribution >= 4 is 28.3 Å². The van der Waals surface area contributed by atoms with E-state index in [1.54, 1.807) is 43.0 Å². The second-order valence-electron chi connectivity index (χ2n) is 12.1. The van der Waals surface area contributed by atoms with Crippen LogP contribution >= 0.6 is 0 Å². The zero-order valence-electron chi connectivity index (χ0n) is 26.0. The van der Waals surface area contributed by atoms with Crippen LogP contribution in [0.1, 0.15) is 44.6 Å². The van der Waals surface area contributed by atoms with Crippen LogP contribution in [0.3, 0.4) is 0 Å². The molecule has 0 saturated heterocycles. The molecule has 0 radical (unpaired) electrons. The van der Waals surface area contributed by atoms with Gasteiger partial charge in [0.2, 0.25) is 0 Å². The number of carbonyl (C=O) groups is 2. The maximum atomic E-state index is 13.6. The highest BCUT2D eigenvalue weighted by Gasteiger charge is 2.31. The average molecular weight is 597 g/mol. The van der Waals surface area contributed by atoms with Gasteiger partial charge < -0.3 is 23.8 Å². The summed E-state index contributed by atoms with van der Waals surface area (Å²) in [6.07, 6.45) is 1.57. The molecule has 11 heteroatoms. The first-order chi connectivity index (χ1) is 19.2. The molecule has 222 valence electrons. The highest BCUT2D eigenvalue weighted by molar-refractivity contribution is 6.90. The molecule has 0 fully saturated rings. The Morgan fingerprint density at radius 2 is 1.68 bits per heavy atom. The number of carbonyl (C=O) groups excluding carboxylic acids is 2. The lowest BCUT2D eigenvalue weighted by molar-refractivity contribution is 0.0514. The zero-order chi connectivity index (χ0) is 30.5. The third kappa shape index (κ3) is 8.31. The number of esters is 1. The van der Waals surface area contributed by atoms with Crippen LogP contribution in [0.5, 0.6) is 11.5 Å². The number of aryl methyl sites for hydroxylation is 1. The molecule has 9 nitrogen and oxygen atoms in total. The molecule has 0 aliphatic carbocycles. The van der Waals surface area contributed by atoms with Gasteiger partial charge in [0, 0.05) is 11.6 Å². The number of aromatic nitrogens is 2. The minimum absolute atomic E-state index is 0.139. The van der Waals surface area contributed by atoms with Crippen LogP contribution in [0.2, 0.25) is 39.3 Å². The van der Waals surface area contributed by atoms with Crippen LogP contribution in [0.15, 0.2) is 42.7 Å². The fraction of sp³-hybridized carbons (Fsp3) is 0.433. The molecule has 2 aromatic carbocycles. The van der Waals surface area contributed by atoms with Crippen molar-refractivity contribution in [2.45, 2.75) is 66.2 Å². The first-order valence-corrected chi connectivity index (χ1v) is 20.8. The molecule has 1 aromatic heterocycles. The predicted molar refractivity (Wildman–Crippen MR) is 167 cm³/mol. The van der Waals surface area contributed by atoms with Gasteiger partial charge in [0.15, 0.2) is 5.69 Å². The minimum Gasteiger partial charge on any atom is -0.497 e. The predicted octanol–water partition coefficient (Wildman–Crippen LogP) is 5.78. The van der Waals surface area contributed by atoms with Crippen molar-refractivity contribution in [1.82, 2.24) is 19.1 Å². The Labute approximate surface area is 246 Å². The van der Waals surface area contributed by atoms with Gasteiger partial charge in [0.25, 0.3) is 5.91 Å². The van der Waals surface area contributed by atoms with E-state index >= 15 is 0 Å². The van der Waals surface area contributed by atoms with E-state index in [2.05, 4.69) is 48.9 Å². The highest BCUT2D eigenvalue weighted by atomic mass is 28.4. The smallest absolute Gasteiger partial charge is 0.358 e. The van der Waals surface area contributed by atoms with Gasteiger partial charge in [-0.1, -0.05) is 50.9 Å². The molecule has 41 heavy (non-hydrogen) atoms. The van der Waals surface area contributed by atoms with E-state index in [1.807, 2.05) is 37.3 Å². The topological polar surface area (TPSA) is 94.9 Å². The van der Waals surface area contributed by atoms with Gasteiger partial charge in [-0.3, -0.25) is 9.36 Å². The molecule has 1 amide bonds. The van der Waals surface area contributed by atoms with Crippen molar-refractivity contribution in [2.75, 3.05) is 20.8 Å². The molecule has 4 rings (SSSR count). The number of amides is 1. The largest absolute Gasteiger partial charge is 0.497 e. The van der Waals surface area contributed by atoms with Crippen molar-refractivity contribution in [3.05, 3.63) is 70.8 Å². The average Bonchev–Trinajstić information content (AvgIpc) is 3.25. The molecule has 2 heterocycles. The van der Waals surface area contributed by atoms with Gasteiger partial charge in [0.1, 0.15) is 34.3 Å². The summed E-state index contributed by atoms with van der Waals surface area (Å²) in [4.78, 5) is 32.1. The summed E-state index contributed by atoms with van der Waals surface area (Å²) < 4.78 is 21.5. The third-order valence-corrected chi connectivity index (χ3v) is 12.2. The fourth-order valence-corrected chi connectivity index (χ4v) is 14.0. The summed E-state index contributed by atoms with van der Waals surface area (Å²) in [5.74, 6) is 0.632. The monoisotopic (exact) mass is 596 g/mol. The Morgan fingerprint density at radius 3 is 2.24 bits per heavy atom. The summed E-state index contributed by atoms with van der Waals surface area (Å²) in [5.41, 5.74) is 3.83. The van der Waals surface area contributed by atoms with E-state index in [4.69, 9.17) is 14.2 Å². The van der Waals surface area contributed by atoms with E-state index in [9.17, 15) is 9.59 Å². The van der Waals surface area contributed by atoms with Crippen LogP contribution in [-0.4, -0.2) is 63.6 Å². The summed E-state index contributed by atoms with van der Waals surface area (Å²) in [6, 6.07) is 11.1. The van der Waals surface area contributed by atoms with Crippen molar-refractivity contribution in [1.29, 1.82) is 0 Å². The third-order valence-electron chi connectivity index (χ3n) is 6.21. The van der Waals surface area contributed by atoms with E-state index < -0.39 is 22.4 Å². The van der Waals surface area contributed by atoms with Crippen LogP contribution in [0.4, 0.5) is 0 Å². The van der Waals surface area contributed by atoms with Gasteiger partial charge >= 0.3 is 5.97 Å². The molecular weight excluding hydrogens is 553 g/mol. The molecule has 0 bridgehead atoms. The number of ether oxygens (including phenoxy) is 3. The maximum absolute atomic E-state index is 13.6. The number of hydrogen-bond acceptors (Lipinski definition) is 7. The van der Waals surface area contributed by atoms with E-state index in [1.165, 1.54) is 0 Å². The normalized spacial score (nSPS) is 12.9. The van der Waals surface area contributed by atoms with E-state index in [-0.39, 0.29) is 31.3 Å². The van der Waals surface area contributed by atoms with Crippen LogP contribution in [0, 0.1) is 6.92 Å². The SMILES string of the molecule is CCOC(=O)c1ncn2c1CN(Cc1ccc(OC)cc1OC)C(=O)c1cc(C)ccc1-2.C[Si](C)(C)N[Si](C)(C)C. The van der Waals surface area contributed by atoms with E-state index in [0.717, 1.165) is 11.1 Å². The summed E-state index contributed by atoms with van der Waals surface area (Å²) >= 11 is 0. The Balaban J connectivity index is 0.000000445. The molecule has 0 atom stereocenters. The summed E-state index contributed by atoms with van der Waals surface area (Å²) in [5, 5.41) is 0. The molecule has 0 spiro atoms. The molecule has 1 aliphatic heterocycles. The first-order valence-electron chi connectivity index (χ1n) is 13.8. The second-order valence-corrected chi connectivity index (χ2v) is 22.1. The summed E-state index contributed by atoms with van der Waals surface area (Å²) in [6.45, 7) is 18.5. The van der Waals surface area contributed by atoms with Crippen molar-refractivity contribution in [3.8, 4) is 17.2 Å². The van der Waals surface area contributed by atoms with Crippen molar-refractivity contribution < 1.29 is 23.8 Å². The number of nitrogens with zero attached hydrogens (tertiary/aromatic N) is 3. The Kier molecular flexibility index (Phi) is 10.2. The second kappa shape index (κ2) is 13.0. The van der Waals surface area contributed by atoms with Gasteiger partial charge in [-0.25, -0.2) is 9.78 Å². The number of benzene rings is 2.